The van der Waals surface area contributed by atoms with Gasteiger partial charge in [0.2, 0.25) is 5.91 Å². The van der Waals surface area contributed by atoms with Crippen molar-refractivity contribution in [2.24, 2.45) is 0 Å². The predicted molar refractivity (Wildman–Crippen MR) is 121 cm³/mol. The topological polar surface area (TPSA) is 54.0 Å². The molecule has 1 aromatic heterocycles. The molecule has 1 atom stereocenters. The lowest BCUT2D eigenvalue weighted by Crippen LogP contribution is -2.30. The van der Waals surface area contributed by atoms with Gasteiger partial charge in [0.05, 0.1) is 12.2 Å². The molecule has 0 saturated carbocycles. The van der Waals surface area contributed by atoms with Crippen LogP contribution < -0.4 is 10.6 Å². The number of carbonyl (C=O) groups is 1. The van der Waals surface area contributed by atoms with Crippen molar-refractivity contribution in [3.63, 3.8) is 0 Å². The van der Waals surface area contributed by atoms with E-state index in [0.717, 1.165) is 28.6 Å². The molecule has 1 amide bonds. The molecule has 3 aromatic rings. The number of amides is 1. The van der Waals surface area contributed by atoms with Crippen LogP contribution in [-0.2, 0) is 11.2 Å². The number of aromatic nitrogens is 1. The Balaban J connectivity index is 1.51. The SMILES string of the molecule is CCCc1ccc([C@H](C)NCC(=O)Nc2nc(-c3ccc(Br)cc3)cs2)cc1. The van der Waals surface area contributed by atoms with Gasteiger partial charge in [0.15, 0.2) is 5.13 Å². The van der Waals surface area contributed by atoms with E-state index in [1.807, 2.05) is 29.6 Å². The zero-order valence-electron chi connectivity index (χ0n) is 16.0. The number of nitrogens with one attached hydrogen (secondary N) is 2. The van der Waals surface area contributed by atoms with Crippen LogP contribution in [-0.4, -0.2) is 17.4 Å². The number of thiazole rings is 1. The van der Waals surface area contributed by atoms with Gasteiger partial charge in [-0.15, -0.1) is 11.3 Å². The first kappa shape index (κ1) is 20.7. The monoisotopic (exact) mass is 457 g/mol. The van der Waals surface area contributed by atoms with Crippen molar-refractivity contribution in [1.82, 2.24) is 10.3 Å². The molecule has 0 bridgehead atoms. The molecule has 0 radical (unpaired) electrons. The second kappa shape index (κ2) is 9.96. The standard InChI is InChI=1S/C22H24BrN3OS/c1-3-4-16-5-7-17(8-6-16)15(2)24-13-21(27)26-22-25-20(14-28-22)18-9-11-19(23)12-10-18/h5-12,14-15,24H,3-4,13H2,1-2H3,(H,25,26,27)/t15-/m0/s1. The van der Waals surface area contributed by atoms with Gasteiger partial charge in [-0.1, -0.05) is 65.7 Å². The Hall–Kier alpha value is -2.02. The minimum Gasteiger partial charge on any atom is -0.302 e. The average Bonchev–Trinajstić information content (AvgIpc) is 3.16. The molecule has 6 heteroatoms. The molecule has 0 aliphatic rings. The molecule has 146 valence electrons. The summed E-state index contributed by atoms with van der Waals surface area (Å²) in [5, 5.41) is 8.71. The van der Waals surface area contributed by atoms with E-state index < -0.39 is 0 Å². The van der Waals surface area contributed by atoms with Gasteiger partial charge >= 0.3 is 0 Å². The van der Waals surface area contributed by atoms with Gasteiger partial charge in [0, 0.05) is 21.5 Å². The van der Waals surface area contributed by atoms with E-state index in [1.165, 1.54) is 22.5 Å². The summed E-state index contributed by atoms with van der Waals surface area (Å²) in [4.78, 5) is 16.8. The Morgan fingerprint density at radius 2 is 1.86 bits per heavy atom. The van der Waals surface area contributed by atoms with E-state index >= 15 is 0 Å². The van der Waals surface area contributed by atoms with E-state index in [9.17, 15) is 4.79 Å². The van der Waals surface area contributed by atoms with Crippen LogP contribution in [0.15, 0.2) is 58.4 Å². The molecular weight excluding hydrogens is 434 g/mol. The van der Waals surface area contributed by atoms with Gasteiger partial charge in [-0.05, 0) is 36.6 Å². The molecule has 0 unspecified atom stereocenters. The fourth-order valence-electron chi connectivity index (χ4n) is 2.87. The van der Waals surface area contributed by atoms with Gasteiger partial charge in [-0.25, -0.2) is 4.98 Å². The van der Waals surface area contributed by atoms with Crippen molar-refractivity contribution in [3.8, 4) is 11.3 Å². The van der Waals surface area contributed by atoms with E-state index in [4.69, 9.17) is 0 Å². The van der Waals surface area contributed by atoms with Crippen molar-refractivity contribution in [1.29, 1.82) is 0 Å². The Morgan fingerprint density at radius 1 is 1.14 bits per heavy atom. The fourth-order valence-corrected chi connectivity index (χ4v) is 3.87. The highest BCUT2D eigenvalue weighted by molar-refractivity contribution is 9.10. The summed E-state index contributed by atoms with van der Waals surface area (Å²) >= 11 is 4.86. The number of rotatable bonds is 8. The summed E-state index contributed by atoms with van der Waals surface area (Å²) in [6, 6.07) is 16.7. The molecule has 1 heterocycles. The Kier molecular flexibility index (Phi) is 7.36. The van der Waals surface area contributed by atoms with Gasteiger partial charge in [-0.3, -0.25) is 4.79 Å². The number of hydrogen-bond acceptors (Lipinski definition) is 4. The first-order valence-corrected chi connectivity index (χ1v) is 11.1. The molecule has 0 saturated heterocycles. The minimum atomic E-state index is -0.0915. The summed E-state index contributed by atoms with van der Waals surface area (Å²) in [7, 11) is 0. The molecule has 4 nitrogen and oxygen atoms in total. The maximum absolute atomic E-state index is 12.3. The van der Waals surface area contributed by atoms with E-state index in [0.29, 0.717) is 5.13 Å². The third kappa shape index (κ3) is 5.74. The Labute approximate surface area is 178 Å². The van der Waals surface area contributed by atoms with Gasteiger partial charge < -0.3 is 10.6 Å². The highest BCUT2D eigenvalue weighted by Crippen LogP contribution is 2.26. The molecule has 2 aromatic carbocycles. The first-order valence-electron chi connectivity index (χ1n) is 9.38. The van der Waals surface area contributed by atoms with E-state index in [1.54, 1.807) is 0 Å². The van der Waals surface area contributed by atoms with Crippen LogP contribution in [0.3, 0.4) is 0 Å². The molecule has 2 N–H and O–H groups in total. The van der Waals surface area contributed by atoms with Crippen LogP contribution in [0.5, 0.6) is 0 Å². The number of carbonyl (C=O) groups excluding carboxylic acids is 1. The second-order valence-electron chi connectivity index (χ2n) is 6.69. The van der Waals surface area contributed by atoms with Crippen LogP contribution in [0.25, 0.3) is 11.3 Å². The average molecular weight is 458 g/mol. The van der Waals surface area contributed by atoms with Crippen LogP contribution >= 0.6 is 27.3 Å². The predicted octanol–water partition coefficient (Wildman–Crippen LogP) is 5.81. The largest absolute Gasteiger partial charge is 0.302 e. The first-order chi connectivity index (χ1) is 13.5. The number of anilines is 1. The number of aryl methyl sites for hydroxylation is 1. The lowest BCUT2D eigenvalue weighted by Gasteiger charge is -2.14. The molecule has 0 fully saturated rings. The van der Waals surface area contributed by atoms with Crippen LogP contribution in [0.1, 0.15) is 37.4 Å². The van der Waals surface area contributed by atoms with E-state index in [-0.39, 0.29) is 18.5 Å². The summed E-state index contributed by atoms with van der Waals surface area (Å²) in [5.74, 6) is -0.0915. The second-order valence-corrected chi connectivity index (χ2v) is 8.46. The molecule has 3 rings (SSSR count). The maximum atomic E-state index is 12.3. The van der Waals surface area contributed by atoms with Crippen molar-refractivity contribution in [2.45, 2.75) is 32.7 Å². The fraction of sp³-hybridized carbons (Fsp3) is 0.273. The van der Waals surface area contributed by atoms with Gasteiger partial charge in [0.1, 0.15) is 0 Å². The van der Waals surface area contributed by atoms with Crippen molar-refractivity contribution in [2.75, 3.05) is 11.9 Å². The van der Waals surface area contributed by atoms with Gasteiger partial charge in [0.25, 0.3) is 0 Å². The lowest BCUT2D eigenvalue weighted by atomic mass is 10.0. The Bertz CT molecular complexity index is 906. The van der Waals surface area contributed by atoms with Crippen molar-refractivity contribution < 1.29 is 4.79 Å². The summed E-state index contributed by atoms with van der Waals surface area (Å²) in [6.45, 7) is 4.49. The molecule has 0 aliphatic carbocycles. The van der Waals surface area contributed by atoms with Crippen molar-refractivity contribution >= 4 is 38.3 Å². The number of nitrogens with zero attached hydrogens (tertiary/aromatic N) is 1. The highest BCUT2D eigenvalue weighted by atomic mass is 79.9. The molecule has 0 spiro atoms. The van der Waals surface area contributed by atoms with Crippen LogP contribution in [0.2, 0.25) is 0 Å². The third-order valence-corrected chi connectivity index (χ3v) is 5.76. The van der Waals surface area contributed by atoms with Crippen molar-refractivity contribution in [3.05, 3.63) is 69.5 Å². The van der Waals surface area contributed by atoms with E-state index in [2.05, 4.69) is 69.7 Å². The third-order valence-electron chi connectivity index (χ3n) is 4.48. The highest BCUT2D eigenvalue weighted by Gasteiger charge is 2.11. The Morgan fingerprint density at radius 3 is 2.54 bits per heavy atom. The molecule has 0 aliphatic heterocycles. The van der Waals surface area contributed by atoms with Crippen LogP contribution in [0, 0.1) is 0 Å². The normalized spacial score (nSPS) is 12.0. The maximum Gasteiger partial charge on any atom is 0.240 e. The number of hydrogen-bond donors (Lipinski definition) is 2. The summed E-state index contributed by atoms with van der Waals surface area (Å²) in [6.07, 6.45) is 2.24. The van der Waals surface area contributed by atoms with Crippen LogP contribution in [0.4, 0.5) is 5.13 Å². The van der Waals surface area contributed by atoms with Gasteiger partial charge in [-0.2, -0.15) is 0 Å². The zero-order chi connectivity index (χ0) is 19.9. The number of benzene rings is 2. The minimum absolute atomic E-state index is 0.0915. The molecule has 28 heavy (non-hydrogen) atoms. The smallest absolute Gasteiger partial charge is 0.240 e. The molecular formula is C22H24BrN3OS. The zero-order valence-corrected chi connectivity index (χ0v) is 18.4. The quantitative estimate of drug-likeness (QED) is 0.448. The lowest BCUT2D eigenvalue weighted by molar-refractivity contribution is -0.115. The number of halogens is 1. The summed E-state index contributed by atoms with van der Waals surface area (Å²) < 4.78 is 1.03. The summed E-state index contributed by atoms with van der Waals surface area (Å²) in [5.41, 5.74) is 4.42.